The fourth-order valence-corrected chi connectivity index (χ4v) is 4.19. The quantitative estimate of drug-likeness (QED) is 0.419. The molecule has 10 heteroatoms. The van der Waals surface area contributed by atoms with Crippen LogP contribution in [0.3, 0.4) is 0 Å². The summed E-state index contributed by atoms with van der Waals surface area (Å²) >= 11 is 12.3. The zero-order chi connectivity index (χ0) is 24.9. The Morgan fingerprint density at radius 3 is 2.24 bits per heavy atom. The van der Waals surface area contributed by atoms with E-state index >= 15 is 0 Å². The van der Waals surface area contributed by atoms with Gasteiger partial charge >= 0.3 is 6.03 Å². The third-order valence-corrected chi connectivity index (χ3v) is 6.02. The molecule has 0 aliphatic carbocycles. The molecular weight excluding hydrogens is 487 g/mol. The number of carbonyl (C=O) groups is 2. The molecule has 1 N–H and O–H groups in total. The third-order valence-electron chi connectivity index (χ3n) is 5.47. The van der Waals surface area contributed by atoms with Gasteiger partial charge in [0.2, 0.25) is 11.6 Å². The van der Waals surface area contributed by atoms with Crippen LogP contribution in [0.1, 0.15) is 68.3 Å². The summed E-state index contributed by atoms with van der Waals surface area (Å²) in [5.74, 6) is -3.28. The van der Waals surface area contributed by atoms with Crippen molar-refractivity contribution >= 4 is 41.0 Å². The molecule has 0 saturated carbocycles. The molecule has 6 nitrogen and oxygen atoms in total. The van der Waals surface area contributed by atoms with Crippen molar-refractivity contribution in [3.05, 3.63) is 69.2 Å². The number of benzene rings is 2. The summed E-state index contributed by atoms with van der Waals surface area (Å²) in [6.45, 7) is 3.99. The zero-order valence-electron chi connectivity index (χ0n) is 18.8. The van der Waals surface area contributed by atoms with Crippen LogP contribution >= 0.6 is 23.2 Å². The summed E-state index contributed by atoms with van der Waals surface area (Å²) in [6.07, 6.45) is 3.92. The lowest BCUT2D eigenvalue weighted by molar-refractivity contribution is -0.0537. The van der Waals surface area contributed by atoms with Crippen LogP contribution in [0.2, 0.25) is 10.0 Å². The number of hydrogen-bond acceptors (Lipinski definition) is 4. The number of nitrogens with zero attached hydrogens (tertiary/aromatic N) is 2. The van der Waals surface area contributed by atoms with E-state index in [1.807, 2.05) is 13.8 Å². The second-order valence-corrected chi connectivity index (χ2v) is 8.80. The van der Waals surface area contributed by atoms with E-state index in [4.69, 9.17) is 27.9 Å². The monoisotopic (exact) mass is 511 g/mol. The van der Waals surface area contributed by atoms with Crippen LogP contribution in [0.5, 0.6) is 0 Å². The second-order valence-electron chi connectivity index (χ2n) is 7.95. The normalized spacial score (nSPS) is 14.5. The van der Waals surface area contributed by atoms with Crippen molar-refractivity contribution in [1.82, 2.24) is 10.3 Å². The Hall–Kier alpha value is -2.71. The SMILES string of the molecule is CCCCC1(CCCC)OC(c2ccc(Cl)cc2Cl)=NN1C(=O)NC(=O)c1c(F)cccc1F. The molecule has 0 radical (unpaired) electrons. The lowest BCUT2D eigenvalue weighted by Gasteiger charge is -2.35. The van der Waals surface area contributed by atoms with Gasteiger partial charge in [-0.15, -0.1) is 5.10 Å². The van der Waals surface area contributed by atoms with Crippen molar-refractivity contribution in [3.63, 3.8) is 0 Å². The van der Waals surface area contributed by atoms with Crippen LogP contribution in [0.4, 0.5) is 13.6 Å². The molecule has 1 aliphatic rings. The van der Waals surface area contributed by atoms with Gasteiger partial charge in [0, 0.05) is 17.9 Å². The van der Waals surface area contributed by atoms with E-state index in [2.05, 4.69) is 10.4 Å². The van der Waals surface area contributed by atoms with E-state index in [0.717, 1.165) is 36.0 Å². The smallest absolute Gasteiger partial charge is 0.348 e. The molecule has 0 fully saturated rings. The average Bonchev–Trinajstić information content (AvgIpc) is 3.15. The van der Waals surface area contributed by atoms with Crippen LogP contribution in [-0.2, 0) is 4.74 Å². The summed E-state index contributed by atoms with van der Waals surface area (Å²) in [4.78, 5) is 25.8. The predicted octanol–water partition coefficient (Wildman–Crippen LogP) is 6.89. The number of hydrazone groups is 1. The van der Waals surface area contributed by atoms with E-state index in [0.29, 0.717) is 36.3 Å². The summed E-state index contributed by atoms with van der Waals surface area (Å²) in [5.41, 5.74) is -1.62. The molecular formula is C24H25Cl2F2N3O3. The number of carbonyl (C=O) groups excluding carboxylic acids is 2. The number of nitrogens with one attached hydrogen (secondary N) is 1. The predicted molar refractivity (Wildman–Crippen MR) is 127 cm³/mol. The van der Waals surface area contributed by atoms with E-state index in [1.165, 1.54) is 6.07 Å². The minimum atomic E-state index is -1.21. The number of amides is 3. The highest BCUT2D eigenvalue weighted by molar-refractivity contribution is 6.36. The molecule has 3 amide bonds. The van der Waals surface area contributed by atoms with Crippen LogP contribution in [0, 0.1) is 11.6 Å². The molecule has 1 heterocycles. The standard InChI is InChI=1S/C24H25Cl2F2N3O3/c1-3-5-12-24(13-6-4-2)31(30-22(34-24)16-11-10-15(25)14-17(16)26)23(33)29-21(32)20-18(27)8-7-9-19(20)28/h7-11,14H,3-6,12-13H2,1-2H3,(H,29,32,33). The largest absolute Gasteiger partial charge is 0.447 e. The first-order chi connectivity index (χ1) is 16.2. The summed E-state index contributed by atoms with van der Waals surface area (Å²) in [6, 6.07) is 6.80. The zero-order valence-corrected chi connectivity index (χ0v) is 20.3. The number of rotatable bonds is 8. The van der Waals surface area contributed by atoms with Crippen molar-refractivity contribution in [3.8, 4) is 0 Å². The molecule has 0 saturated heterocycles. The topological polar surface area (TPSA) is 71.0 Å². The fraction of sp³-hybridized carbons (Fsp3) is 0.375. The molecule has 2 aromatic rings. The molecule has 1 aliphatic heterocycles. The van der Waals surface area contributed by atoms with Crippen LogP contribution in [0.15, 0.2) is 41.5 Å². The highest BCUT2D eigenvalue weighted by Crippen LogP contribution is 2.38. The summed E-state index contributed by atoms with van der Waals surface area (Å²) in [7, 11) is 0. The Labute approximate surface area is 206 Å². The molecule has 2 aromatic carbocycles. The van der Waals surface area contributed by atoms with Gasteiger partial charge in [0.1, 0.15) is 17.2 Å². The van der Waals surface area contributed by atoms with Crippen molar-refractivity contribution < 1.29 is 23.1 Å². The van der Waals surface area contributed by atoms with Gasteiger partial charge in [-0.25, -0.2) is 13.6 Å². The van der Waals surface area contributed by atoms with Gasteiger partial charge in [0.05, 0.1) is 10.6 Å². The van der Waals surface area contributed by atoms with Crippen LogP contribution in [-0.4, -0.2) is 28.6 Å². The number of urea groups is 1. The van der Waals surface area contributed by atoms with E-state index in [9.17, 15) is 18.4 Å². The number of unbranched alkanes of at least 4 members (excludes halogenated alkanes) is 2. The van der Waals surface area contributed by atoms with Crippen molar-refractivity contribution in [2.75, 3.05) is 0 Å². The third kappa shape index (κ3) is 5.50. The van der Waals surface area contributed by atoms with Crippen LogP contribution in [0.25, 0.3) is 0 Å². The Morgan fingerprint density at radius 1 is 1.06 bits per heavy atom. The van der Waals surface area contributed by atoms with Crippen molar-refractivity contribution in [2.24, 2.45) is 5.10 Å². The van der Waals surface area contributed by atoms with Crippen molar-refractivity contribution in [2.45, 2.75) is 58.1 Å². The average molecular weight is 512 g/mol. The second kappa shape index (κ2) is 11.1. The van der Waals surface area contributed by atoms with Gasteiger partial charge in [-0.05, 0) is 43.2 Å². The van der Waals surface area contributed by atoms with E-state index in [1.54, 1.807) is 12.1 Å². The van der Waals surface area contributed by atoms with Gasteiger partial charge in [-0.1, -0.05) is 56.0 Å². The van der Waals surface area contributed by atoms with Crippen molar-refractivity contribution in [1.29, 1.82) is 0 Å². The number of imide groups is 1. The van der Waals surface area contributed by atoms with Gasteiger partial charge in [0.25, 0.3) is 5.91 Å². The highest BCUT2D eigenvalue weighted by atomic mass is 35.5. The molecule has 0 bridgehead atoms. The minimum absolute atomic E-state index is 0.0912. The van der Waals surface area contributed by atoms with Gasteiger partial charge in [-0.3, -0.25) is 10.1 Å². The number of ether oxygens (including phenoxy) is 1. The molecule has 0 atom stereocenters. The lowest BCUT2D eigenvalue weighted by Crippen LogP contribution is -2.52. The molecule has 0 aromatic heterocycles. The Kier molecular flexibility index (Phi) is 8.49. The highest BCUT2D eigenvalue weighted by Gasteiger charge is 2.48. The maximum atomic E-state index is 14.1. The van der Waals surface area contributed by atoms with Gasteiger partial charge in [0.15, 0.2) is 0 Å². The first-order valence-corrected chi connectivity index (χ1v) is 11.8. The fourth-order valence-electron chi connectivity index (χ4n) is 3.70. The lowest BCUT2D eigenvalue weighted by atomic mass is 9.98. The van der Waals surface area contributed by atoms with Gasteiger partial charge in [-0.2, -0.15) is 5.01 Å². The minimum Gasteiger partial charge on any atom is -0.447 e. The van der Waals surface area contributed by atoms with Crippen LogP contribution < -0.4 is 5.32 Å². The summed E-state index contributed by atoms with van der Waals surface area (Å²) < 4.78 is 34.4. The molecule has 182 valence electrons. The summed E-state index contributed by atoms with van der Waals surface area (Å²) in [5, 5.41) is 8.14. The molecule has 0 unspecified atom stereocenters. The first-order valence-electron chi connectivity index (χ1n) is 11.0. The Balaban J connectivity index is 1.99. The molecule has 34 heavy (non-hydrogen) atoms. The molecule has 0 spiro atoms. The maximum Gasteiger partial charge on any atom is 0.348 e. The maximum absolute atomic E-state index is 14.1. The number of hydrogen-bond donors (Lipinski definition) is 1. The Bertz CT molecular complexity index is 1080. The Morgan fingerprint density at radius 2 is 1.68 bits per heavy atom. The van der Waals surface area contributed by atoms with E-state index < -0.39 is 34.9 Å². The van der Waals surface area contributed by atoms with E-state index in [-0.39, 0.29) is 10.9 Å². The number of halogens is 4. The van der Waals surface area contributed by atoms with Gasteiger partial charge < -0.3 is 4.74 Å². The first kappa shape index (κ1) is 25.9. The molecule has 3 rings (SSSR count).